The van der Waals surface area contributed by atoms with Gasteiger partial charge in [-0.2, -0.15) is 5.10 Å². The number of hydrogen-bond acceptors (Lipinski definition) is 3. The Labute approximate surface area is 132 Å². The Hall–Kier alpha value is -2.70. The van der Waals surface area contributed by atoms with Crippen LogP contribution in [0.15, 0.2) is 36.7 Å². The molecule has 2 heterocycles. The first-order chi connectivity index (χ1) is 11.1. The fraction of sp³-hybridized carbons (Fsp3) is 0.312. The monoisotopic (exact) mass is 317 g/mol. The predicted octanol–water partition coefficient (Wildman–Crippen LogP) is 1.95. The molecule has 7 heteroatoms. The van der Waals surface area contributed by atoms with Gasteiger partial charge >= 0.3 is 5.97 Å². The van der Waals surface area contributed by atoms with Crippen LogP contribution in [0.1, 0.15) is 23.2 Å². The quantitative estimate of drug-likeness (QED) is 0.939. The summed E-state index contributed by atoms with van der Waals surface area (Å²) >= 11 is 0. The molecule has 1 atom stereocenters. The van der Waals surface area contributed by atoms with Gasteiger partial charge < -0.3 is 10.0 Å². The van der Waals surface area contributed by atoms with Crippen LogP contribution in [-0.4, -0.2) is 44.8 Å². The minimum Gasteiger partial charge on any atom is -0.481 e. The van der Waals surface area contributed by atoms with Crippen LogP contribution in [0.3, 0.4) is 0 Å². The minimum atomic E-state index is -0.885. The molecule has 0 unspecified atom stereocenters. The number of benzene rings is 1. The van der Waals surface area contributed by atoms with Crippen molar-refractivity contribution in [2.24, 2.45) is 5.92 Å². The van der Waals surface area contributed by atoms with E-state index in [1.54, 1.807) is 18.2 Å². The molecule has 3 rings (SSSR count). The van der Waals surface area contributed by atoms with Crippen molar-refractivity contribution in [3.05, 3.63) is 48.0 Å². The number of halogens is 1. The lowest BCUT2D eigenvalue weighted by Gasteiger charge is -2.30. The van der Waals surface area contributed by atoms with Gasteiger partial charge in [0.25, 0.3) is 5.91 Å². The van der Waals surface area contributed by atoms with Gasteiger partial charge in [-0.05, 0) is 25.0 Å². The summed E-state index contributed by atoms with van der Waals surface area (Å²) in [5.41, 5.74) is 0.577. The highest BCUT2D eigenvalue weighted by atomic mass is 19.1. The van der Waals surface area contributed by atoms with Crippen molar-refractivity contribution in [2.75, 3.05) is 13.1 Å². The summed E-state index contributed by atoms with van der Waals surface area (Å²) in [5, 5.41) is 13.1. The maximum absolute atomic E-state index is 13.8. The SMILES string of the molecule is O=C(O)[C@H]1CCCN(C(=O)c2cnn(-c3ccccc3F)c2)C1. The van der Waals surface area contributed by atoms with E-state index in [4.69, 9.17) is 5.11 Å². The highest BCUT2D eigenvalue weighted by Crippen LogP contribution is 2.19. The first-order valence-electron chi connectivity index (χ1n) is 7.38. The molecular weight excluding hydrogens is 301 g/mol. The average Bonchev–Trinajstić information content (AvgIpc) is 3.04. The molecule has 1 aromatic heterocycles. The van der Waals surface area contributed by atoms with Crippen LogP contribution in [0.5, 0.6) is 0 Å². The Morgan fingerprint density at radius 2 is 2.09 bits per heavy atom. The molecule has 0 aliphatic carbocycles. The summed E-state index contributed by atoms with van der Waals surface area (Å²) in [6.07, 6.45) is 4.07. The molecule has 1 aliphatic heterocycles. The lowest BCUT2D eigenvalue weighted by Crippen LogP contribution is -2.42. The summed E-state index contributed by atoms with van der Waals surface area (Å²) in [6.45, 7) is 0.715. The summed E-state index contributed by atoms with van der Waals surface area (Å²) in [5.74, 6) is -2.13. The van der Waals surface area contributed by atoms with Crippen LogP contribution in [0, 0.1) is 11.7 Å². The highest BCUT2D eigenvalue weighted by Gasteiger charge is 2.29. The minimum absolute atomic E-state index is 0.193. The van der Waals surface area contributed by atoms with Crippen LogP contribution in [-0.2, 0) is 4.79 Å². The van der Waals surface area contributed by atoms with Crippen molar-refractivity contribution in [3.8, 4) is 5.69 Å². The Balaban J connectivity index is 1.79. The molecule has 0 radical (unpaired) electrons. The number of aromatic nitrogens is 2. The van der Waals surface area contributed by atoms with Crippen molar-refractivity contribution in [1.82, 2.24) is 14.7 Å². The second-order valence-electron chi connectivity index (χ2n) is 5.55. The normalized spacial score (nSPS) is 18.0. The number of rotatable bonds is 3. The van der Waals surface area contributed by atoms with Crippen molar-refractivity contribution >= 4 is 11.9 Å². The van der Waals surface area contributed by atoms with Crippen LogP contribution < -0.4 is 0 Å². The summed E-state index contributed by atoms with van der Waals surface area (Å²) in [4.78, 5) is 25.1. The van der Waals surface area contributed by atoms with Gasteiger partial charge in [0.15, 0.2) is 0 Å². The first-order valence-corrected chi connectivity index (χ1v) is 7.38. The number of amides is 1. The summed E-state index contributed by atoms with van der Waals surface area (Å²) < 4.78 is 15.1. The van der Waals surface area contributed by atoms with E-state index >= 15 is 0 Å². The topological polar surface area (TPSA) is 75.4 Å². The lowest BCUT2D eigenvalue weighted by atomic mass is 9.98. The van der Waals surface area contributed by atoms with E-state index in [1.807, 2.05) is 0 Å². The smallest absolute Gasteiger partial charge is 0.308 e. The maximum Gasteiger partial charge on any atom is 0.308 e. The maximum atomic E-state index is 13.8. The van der Waals surface area contributed by atoms with Crippen molar-refractivity contribution in [2.45, 2.75) is 12.8 Å². The third-order valence-electron chi connectivity index (χ3n) is 3.99. The molecule has 1 saturated heterocycles. The van der Waals surface area contributed by atoms with Gasteiger partial charge in [-0.15, -0.1) is 0 Å². The fourth-order valence-electron chi connectivity index (χ4n) is 2.75. The molecular formula is C16H16FN3O3. The molecule has 0 spiro atoms. The van der Waals surface area contributed by atoms with Crippen LogP contribution in [0.2, 0.25) is 0 Å². The van der Waals surface area contributed by atoms with Gasteiger partial charge in [0.05, 0.1) is 17.7 Å². The zero-order chi connectivity index (χ0) is 16.4. The molecule has 1 aliphatic rings. The van der Waals surface area contributed by atoms with E-state index in [-0.39, 0.29) is 18.1 Å². The lowest BCUT2D eigenvalue weighted by molar-refractivity contribution is -0.143. The number of aliphatic carboxylic acids is 1. The second-order valence-corrected chi connectivity index (χ2v) is 5.55. The Morgan fingerprint density at radius 1 is 1.30 bits per heavy atom. The summed E-state index contributed by atoms with van der Waals surface area (Å²) in [6, 6.07) is 6.15. The number of carbonyl (C=O) groups excluding carboxylic acids is 1. The molecule has 1 fully saturated rings. The molecule has 1 amide bonds. The molecule has 1 N–H and O–H groups in total. The molecule has 0 saturated carbocycles. The van der Waals surface area contributed by atoms with Gasteiger partial charge in [0, 0.05) is 19.3 Å². The van der Waals surface area contributed by atoms with E-state index in [1.165, 1.54) is 28.0 Å². The molecule has 1 aromatic carbocycles. The van der Waals surface area contributed by atoms with E-state index in [0.29, 0.717) is 24.9 Å². The highest BCUT2D eigenvalue weighted by molar-refractivity contribution is 5.94. The van der Waals surface area contributed by atoms with Crippen LogP contribution in [0.4, 0.5) is 4.39 Å². The van der Waals surface area contributed by atoms with Crippen LogP contribution >= 0.6 is 0 Å². The number of para-hydroxylation sites is 1. The van der Waals surface area contributed by atoms with Crippen molar-refractivity contribution in [3.63, 3.8) is 0 Å². The summed E-state index contributed by atoms with van der Waals surface area (Å²) in [7, 11) is 0. The fourth-order valence-corrected chi connectivity index (χ4v) is 2.75. The largest absolute Gasteiger partial charge is 0.481 e. The number of carbonyl (C=O) groups is 2. The predicted molar refractivity (Wildman–Crippen MR) is 79.8 cm³/mol. The molecule has 0 bridgehead atoms. The second kappa shape index (κ2) is 6.20. The average molecular weight is 317 g/mol. The third kappa shape index (κ3) is 3.08. The van der Waals surface area contributed by atoms with Crippen molar-refractivity contribution < 1.29 is 19.1 Å². The third-order valence-corrected chi connectivity index (χ3v) is 3.99. The number of carboxylic acids is 1. The Morgan fingerprint density at radius 3 is 2.83 bits per heavy atom. The van der Waals surface area contributed by atoms with E-state index in [9.17, 15) is 14.0 Å². The number of carboxylic acid groups (broad SMARTS) is 1. The molecule has 6 nitrogen and oxygen atoms in total. The van der Waals surface area contributed by atoms with E-state index in [0.717, 1.165) is 0 Å². The number of piperidine rings is 1. The molecule has 2 aromatic rings. The molecule has 120 valence electrons. The van der Waals surface area contributed by atoms with E-state index in [2.05, 4.69) is 5.10 Å². The molecule has 23 heavy (non-hydrogen) atoms. The Bertz CT molecular complexity index is 744. The number of nitrogens with zero attached hydrogens (tertiary/aromatic N) is 3. The zero-order valence-corrected chi connectivity index (χ0v) is 12.4. The zero-order valence-electron chi connectivity index (χ0n) is 12.4. The van der Waals surface area contributed by atoms with Gasteiger partial charge in [-0.1, -0.05) is 12.1 Å². The van der Waals surface area contributed by atoms with Gasteiger partial charge in [-0.25, -0.2) is 9.07 Å². The van der Waals surface area contributed by atoms with Crippen molar-refractivity contribution in [1.29, 1.82) is 0 Å². The van der Waals surface area contributed by atoms with Gasteiger partial charge in [-0.3, -0.25) is 9.59 Å². The Kier molecular flexibility index (Phi) is 4.10. The van der Waals surface area contributed by atoms with E-state index < -0.39 is 17.7 Å². The van der Waals surface area contributed by atoms with Gasteiger partial charge in [0.2, 0.25) is 0 Å². The van der Waals surface area contributed by atoms with Crippen LogP contribution in [0.25, 0.3) is 5.69 Å². The first kappa shape index (κ1) is 15.2. The standard InChI is InChI=1S/C16H16FN3O3/c17-13-5-1-2-6-14(13)20-10-12(8-18-20)15(21)19-7-3-4-11(9-19)16(22)23/h1-2,5-6,8,10-11H,3-4,7,9H2,(H,22,23)/t11-/m0/s1. The number of likely N-dealkylation sites (tertiary alicyclic amines) is 1. The van der Waals surface area contributed by atoms with Gasteiger partial charge in [0.1, 0.15) is 11.5 Å². The number of hydrogen-bond donors (Lipinski definition) is 1.